The van der Waals surface area contributed by atoms with Crippen molar-refractivity contribution in [3.05, 3.63) is 51.7 Å². The number of hydrogen-bond donors (Lipinski definition) is 2. The van der Waals surface area contributed by atoms with Crippen LogP contribution in [-0.2, 0) is 17.8 Å². The van der Waals surface area contributed by atoms with Crippen molar-refractivity contribution in [1.29, 1.82) is 0 Å². The van der Waals surface area contributed by atoms with Gasteiger partial charge < -0.3 is 15.4 Å². The van der Waals surface area contributed by atoms with Gasteiger partial charge in [-0.2, -0.15) is 11.8 Å². The van der Waals surface area contributed by atoms with Crippen molar-refractivity contribution in [2.24, 2.45) is 0 Å². The zero-order chi connectivity index (χ0) is 21.3. The van der Waals surface area contributed by atoms with Crippen molar-refractivity contribution < 1.29 is 14.3 Å². The summed E-state index contributed by atoms with van der Waals surface area (Å²) >= 11 is 3.48. The Morgan fingerprint density at radius 1 is 1.30 bits per heavy atom. The molecule has 1 aromatic carbocycles. The molecule has 3 rings (SSSR count). The van der Waals surface area contributed by atoms with E-state index < -0.39 is 6.04 Å². The van der Waals surface area contributed by atoms with Gasteiger partial charge in [0.15, 0.2) is 0 Å². The molecule has 2 amide bonds. The molecule has 6 nitrogen and oxygen atoms in total. The number of hydrogen-bond acceptors (Lipinski definition) is 6. The fourth-order valence-corrected chi connectivity index (χ4v) is 4.89. The number of fused-ring (bicyclic) bond motifs is 1. The van der Waals surface area contributed by atoms with Gasteiger partial charge in [0.2, 0.25) is 5.91 Å². The van der Waals surface area contributed by atoms with Crippen molar-refractivity contribution in [3.63, 3.8) is 0 Å². The number of carbonyl (C=O) groups excluding carboxylic acids is 2. The van der Waals surface area contributed by atoms with E-state index in [0.717, 1.165) is 31.8 Å². The van der Waals surface area contributed by atoms with Crippen molar-refractivity contribution in [2.45, 2.75) is 25.4 Å². The molecule has 162 valence electrons. The van der Waals surface area contributed by atoms with Gasteiger partial charge >= 0.3 is 0 Å². The second-order valence-corrected chi connectivity index (χ2v) is 9.18. The molecule has 30 heavy (non-hydrogen) atoms. The third-order valence-corrected chi connectivity index (χ3v) is 6.87. The highest BCUT2D eigenvalue weighted by Crippen LogP contribution is 2.23. The highest BCUT2D eigenvalue weighted by atomic mass is 32.2. The Morgan fingerprint density at radius 2 is 2.13 bits per heavy atom. The SMILES string of the molecule is COc1ccccc1C(=O)NC(CCSC)C(=O)NCCN1CCc2sccc2C1. The van der Waals surface area contributed by atoms with Crippen molar-refractivity contribution in [1.82, 2.24) is 15.5 Å². The predicted octanol–water partition coefficient (Wildman–Crippen LogP) is 2.78. The molecule has 2 aromatic rings. The summed E-state index contributed by atoms with van der Waals surface area (Å²) in [4.78, 5) is 29.4. The first-order valence-corrected chi connectivity index (χ1v) is 12.4. The Labute approximate surface area is 186 Å². The van der Waals surface area contributed by atoms with Crippen LogP contribution in [0.4, 0.5) is 0 Å². The first-order valence-electron chi connectivity index (χ1n) is 10.1. The van der Waals surface area contributed by atoms with Crippen LogP contribution in [0.15, 0.2) is 35.7 Å². The number of carbonyl (C=O) groups is 2. The van der Waals surface area contributed by atoms with E-state index in [1.807, 2.05) is 23.7 Å². The minimum atomic E-state index is -0.570. The van der Waals surface area contributed by atoms with Gasteiger partial charge in [-0.05, 0) is 54.0 Å². The predicted molar refractivity (Wildman–Crippen MR) is 124 cm³/mol. The average Bonchev–Trinajstić information content (AvgIpc) is 3.24. The summed E-state index contributed by atoms with van der Waals surface area (Å²) in [5, 5.41) is 8.04. The van der Waals surface area contributed by atoms with E-state index in [2.05, 4.69) is 27.0 Å². The van der Waals surface area contributed by atoms with Gasteiger partial charge in [0.25, 0.3) is 5.91 Å². The normalized spacial score (nSPS) is 14.6. The summed E-state index contributed by atoms with van der Waals surface area (Å²) in [5.74, 6) is 0.851. The van der Waals surface area contributed by atoms with Crippen molar-refractivity contribution in [3.8, 4) is 5.75 Å². The maximum atomic E-state index is 12.8. The molecular weight excluding hydrogens is 418 g/mol. The zero-order valence-corrected chi connectivity index (χ0v) is 19.1. The summed E-state index contributed by atoms with van der Waals surface area (Å²) in [6.45, 7) is 3.33. The van der Waals surface area contributed by atoms with E-state index in [9.17, 15) is 9.59 Å². The van der Waals surface area contributed by atoms with Gasteiger partial charge in [0.1, 0.15) is 11.8 Å². The molecule has 1 aliphatic heterocycles. The number of ether oxygens (including phenoxy) is 1. The van der Waals surface area contributed by atoms with Gasteiger partial charge in [-0.25, -0.2) is 0 Å². The molecule has 1 atom stereocenters. The lowest BCUT2D eigenvalue weighted by molar-refractivity contribution is -0.123. The van der Waals surface area contributed by atoms with Gasteiger partial charge in [-0.15, -0.1) is 11.3 Å². The number of methoxy groups -OCH3 is 1. The standard InChI is InChI=1S/C22H29N3O3S2/c1-28-19-6-4-3-5-17(19)21(26)24-18(9-13-29-2)22(27)23-10-12-25-11-7-20-16(15-25)8-14-30-20/h3-6,8,14,18H,7,9-13,15H2,1-2H3,(H,23,27)(H,24,26). The van der Waals surface area contributed by atoms with E-state index in [1.54, 1.807) is 30.0 Å². The smallest absolute Gasteiger partial charge is 0.255 e. The fourth-order valence-electron chi connectivity index (χ4n) is 3.53. The number of rotatable bonds is 10. The quantitative estimate of drug-likeness (QED) is 0.586. The number of thiophene rings is 1. The van der Waals surface area contributed by atoms with Gasteiger partial charge in [0, 0.05) is 31.1 Å². The molecule has 0 aliphatic carbocycles. The summed E-state index contributed by atoms with van der Waals surface area (Å²) in [6, 6.07) is 8.66. The van der Waals surface area contributed by atoms with Crippen LogP contribution in [0.1, 0.15) is 27.2 Å². The molecule has 1 aliphatic rings. The van der Waals surface area contributed by atoms with Crippen LogP contribution in [0, 0.1) is 0 Å². The minimum absolute atomic E-state index is 0.138. The lowest BCUT2D eigenvalue weighted by Crippen LogP contribution is -2.48. The first kappa shape index (κ1) is 22.7. The van der Waals surface area contributed by atoms with E-state index in [-0.39, 0.29) is 11.8 Å². The van der Waals surface area contributed by atoms with E-state index in [4.69, 9.17) is 4.74 Å². The molecule has 1 unspecified atom stereocenters. The summed E-state index contributed by atoms with van der Waals surface area (Å²) in [6.07, 6.45) is 3.65. The number of amides is 2. The van der Waals surface area contributed by atoms with E-state index in [0.29, 0.717) is 24.3 Å². The maximum absolute atomic E-state index is 12.8. The first-order chi connectivity index (χ1) is 14.6. The Hall–Kier alpha value is -2.03. The molecule has 0 radical (unpaired) electrons. The van der Waals surface area contributed by atoms with Gasteiger partial charge in [-0.1, -0.05) is 12.1 Å². The number of nitrogens with one attached hydrogen (secondary N) is 2. The molecule has 0 spiro atoms. The van der Waals surface area contributed by atoms with Crippen LogP contribution >= 0.6 is 23.1 Å². The summed E-state index contributed by atoms with van der Waals surface area (Å²) < 4.78 is 5.27. The Balaban J connectivity index is 1.52. The third kappa shape index (κ3) is 6.00. The van der Waals surface area contributed by atoms with E-state index in [1.165, 1.54) is 17.6 Å². The van der Waals surface area contributed by atoms with Crippen LogP contribution in [0.3, 0.4) is 0 Å². The number of thioether (sulfide) groups is 1. The Kier molecular flexibility index (Phi) is 8.60. The highest BCUT2D eigenvalue weighted by Gasteiger charge is 2.23. The lowest BCUT2D eigenvalue weighted by Gasteiger charge is -2.27. The van der Waals surface area contributed by atoms with Crippen LogP contribution < -0.4 is 15.4 Å². The van der Waals surface area contributed by atoms with Crippen molar-refractivity contribution >= 4 is 34.9 Å². The van der Waals surface area contributed by atoms with Gasteiger partial charge in [-0.3, -0.25) is 14.5 Å². The maximum Gasteiger partial charge on any atom is 0.255 e. The third-order valence-electron chi connectivity index (χ3n) is 5.20. The molecule has 2 heterocycles. The van der Waals surface area contributed by atoms with Crippen molar-refractivity contribution in [2.75, 3.05) is 38.8 Å². The van der Waals surface area contributed by atoms with E-state index >= 15 is 0 Å². The second-order valence-electron chi connectivity index (χ2n) is 7.19. The van der Waals surface area contributed by atoms with Crippen LogP contribution in [0.2, 0.25) is 0 Å². The molecular formula is C22H29N3O3S2. The number of nitrogens with zero attached hydrogens (tertiary/aromatic N) is 1. The number of para-hydroxylation sites is 1. The second kappa shape index (κ2) is 11.4. The van der Waals surface area contributed by atoms with Gasteiger partial charge in [0.05, 0.1) is 12.7 Å². The molecule has 0 saturated heterocycles. The van der Waals surface area contributed by atoms with Crippen LogP contribution in [-0.4, -0.2) is 61.5 Å². The summed E-state index contributed by atoms with van der Waals surface area (Å²) in [7, 11) is 1.53. The largest absolute Gasteiger partial charge is 0.496 e. The molecule has 2 N–H and O–H groups in total. The Bertz CT molecular complexity index is 856. The minimum Gasteiger partial charge on any atom is -0.496 e. The fraction of sp³-hybridized carbons (Fsp3) is 0.455. The topological polar surface area (TPSA) is 70.7 Å². The van der Waals surface area contributed by atoms with Crippen LogP contribution in [0.25, 0.3) is 0 Å². The molecule has 1 aromatic heterocycles. The molecule has 0 bridgehead atoms. The van der Waals surface area contributed by atoms with Crippen LogP contribution in [0.5, 0.6) is 5.75 Å². The monoisotopic (exact) mass is 447 g/mol. The molecule has 0 saturated carbocycles. The lowest BCUT2D eigenvalue weighted by atomic mass is 10.1. The number of benzene rings is 1. The Morgan fingerprint density at radius 3 is 2.93 bits per heavy atom. The highest BCUT2D eigenvalue weighted by molar-refractivity contribution is 7.98. The molecule has 8 heteroatoms. The average molecular weight is 448 g/mol. The molecule has 0 fully saturated rings. The summed E-state index contributed by atoms with van der Waals surface area (Å²) in [5.41, 5.74) is 1.83. The zero-order valence-electron chi connectivity index (χ0n) is 17.5.